The average molecular weight is 438 g/mol. The predicted octanol–water partition coefficient (Wildman–Crippen LogP) is 3.62. The van der Waals surface area contributed by atoms with Gasteiger partial charge in [-0.25, -0.2) is 0 Å². The van der Waals surface area contributed by atoms with E-state index >= 15 is 0 Å². The first-order valence-electron chi connectivity index (χ1n) is 9.76. The van der Waals surface area contributed by atoms with Crippen molar-refractivity contribution < 1.29 is 4.79 Å². The largest absolute Gasteiger partial charge is 0.326 e. The van der Waals surface area contributed by atoms with Gasteiger partial charge >= 0.3 is 11.1 Å². The number of carbonyl (C=O) groups excluding carboxylic acids is 1. The highest BCUT2D eigenvalue weighted by molar-refractivity contribution is 7.10. The topological polar surface area (TPSA) is 75.2 Å². The van der Waals surface area contributed by atoms with Gasteiger partial charge in [0.1, 0.15) is 0 Å². The standard InChI is InChI=1S/C22H19N3O3S2/c1-2-24-16-6-5-13(12-15(16)23-20(26)22(24)28)21(27)25-9-7-17-14(8-11-30-17)19(25)18-4-3-10-29-18/h3-6,8,10-12,19H,2,7,9H2,1H3,(H,23,26)/t19-/m1/s1. The lowest BCUT2D eigenvalue weighted by Gasteiger charge is -2.35. The minimum Gasteiger partial charge on any atom is -0.326 e. The maximum Gasteiger partial charge on any atom is 0.316 e. The van der Waals surface area contributed by atoms with Crippen LogP contribution in [0.3, 0.4) is 0 Å². The maximum absolute atomic E-state index is 13.6. The van der Waals surface area contributed by atoms with Gasteiger partial charge in [-0.05, 0) is 60.0 Å². The third kappa shape index (κ3) is 2.95. The van der Waals surface area contributed by atoms with Crippen LogP contribution in [0.1, 0.15) is 38.6 Å². The molecule has 4 heterocycles. The molecule has 1 aliphatic rings. The summed E-state index contributed by atoms with van der Waals surface area (Å²) in [4.78, 5) is 44.7. The van der Waals surface area contributed by atoms with E-state index in [-0.39, 0.29) is 11.9 Å². The van der Waals surface area contributed by atoms with Crippen LogP contribution in [0.25, 0.3) is 11.0 Å². The predicted molar refractivity (Wildman–Crippen MR) is 120 cm³/mol. The van der Waals surface area contributed by atoms with Gasteiger partial charge in [0, 0.05) is 28.4 Å². The molecule has 0 saturated carbocycles. The minimum absolute atomic E-state index is 0.0813. The van der Waals surface area contributed by atoms with E-state index < -0.39 is 11.1 Å². The number of nitrogens with zero attached hydrogens (tertiary/aromatic N) is 2. The number of H-pyrrole nitrogens is 1. The smallest absolute Gasteiger partial charge is 0.316 e. The Hall–Kier alpha value is -2.97. The Bertz CT molecular complexity index is 1360. The Morgan fingerprint density at radius 3 is 2.80 bits per heavy atom. The molecule has 152 valence electrons. The number of thiophene rings is 2. The lowest BCUT2D eigenvalue weighted by Crippen LogP contribution is -2.40. The summed E-state index contributed by atoms with van der Waals surface area (Å²) >= 11 is 3.39. The molecule has 30 heavy (non-hydrogen) atoms. The first-order valence-corrected chi connectivity index (χ1v) is 11.5. The van der Waals surface area contributed by atoms with Crippen LogP contribution in [0.2, 0.25) is 0 Å². The lowest BCUT2D eigenvalue weighted by molar-refractivity contribution is 0.0699. The van der Waals surface area contributed by atoms with Crippen LogP contribution in [0.5, 0.6) is 0 Å². The van der Waals surface area contributed by atoms with Crippen molar-refractivity contribution in [1.29, 1.82) is 0 Å². The van der Waals surface area contributed by atoms with Crippen molar-refractivity contribution in [2.75, 3.05) is 6.54 Å². The van der Waals surface area contributed by atoms with E-state index in [1.807, 2.05) is 23.3 Å². The van der Waals surface area contributed by atoms with Gasteiger partial charge in [-0.15, -0.1) is 22.7 Å². The maximum atomic E-state index is 13.6. The number of amides is 1. The van der Waals surface area contributed by atoms with Crippen LogP contribution in [0.4, 0.5) is 0 Å². The highest BCUT2D eigenvalue weighted by Crippen LogP contribution is 2.40. The van der Waals surface area contributed by atoms with E-state index in [1.54, 1.807) is 40.9 Å². The summed E-state index contributed by atoms with van der Waals surface area (Å²) in [5.74, 6) is -0.0813. The van der Waals surface area contributed by atoms with Gasteiger partial charge < -0.3 is 14.5 Å². The fourth-order valence-electron chi connectivity index (χ4n) is 4.18. The van der Waals surface area contributed by atoms with Gasteiger partial charge in [0.25, 0.3) is 5.91 Å². The third-order valence-electron chi connectivity index (χ3n) is 5.58. The van der Waals surface area contributed by atoms with E-state index in [0.29, 0.717) is 29.7 Å². The molecule has 0 saturated heterocycles. The molecule has 0 unspecified atom stereocenters. The zero-order chi connectivity index (χ0) is 20.8. The van der Waals surface area contributed by atoms with Crippen molar-refractivity contribution in [3.8, 4) is 0 Å². The summed E-state index contributed by atoms with van der Waals surface area (Å²) < 4.78 is 1.43. The molecule has 5 rings (SSSR count). The van der Waals surface area contributed by atoms with Crippen LogP contribution in [0, 0.1) is 0 Å². The molecule has 0 spiro atoms. The lowest BCUT2D eigenvalue weighted by atomic mass is 9.97. The van der Waals surface area contributed by atoms with E-state index in [1.165, 1.54) is 15.0 Å². The molecule has 0 fully saturated rings. The Morgan fingerprint density at radius 1 is 1.17 bits per heavy atom. The van der Waals surface area contributed by atoms with Crippen LogP contribution < -0.4 is 11.1 Å². The molecule has 0 aliphatic carbocycles. The first-order chi connectivity index (χ1) is 14.6. The third-order valence-corrected chi connectivity index (χ3v) is 7.50. The second kappa shape index (κ2) is 7.37. The number of rotatable bonds is 3. The monoisotopic (exact) mass is 437 g/mol. The van der Waals surface area contributed by atoms with E-state index in [9.17, 15) is 14.4 Å². The zero-order valence-electron chi connectivity index (χ0n) is 16.3. The molecular weight excluding hydrogens is 418 g/mol. The van der Waals surface area contributed by atoms with E-state index in [2.05, 4.69) is 22.5 Å². The Kier molecular flexibility index (Phi) is 4.67. The average Bonchev–Trinajstić information content (AvgIpc) is 3.45. The van der Waals surface area contributed by atoms with Crippen LogP contribution >= 0.6 is 22.7 Å². The molecule has 4 aromatic rings. The number of aromatic amines is 1. The molecular formula is C22H19N3O3S2. The molecule has 1 aliphatic heterocycles. The van der Waals surface area contributed by atoms with Gasteiger partial charge in [0.05, 0.1) is 17.1 Å². The van der Waals surface area contributed by atoms with Crippen LogP contribution in [-0.4, -0.2) is 26.9 Å². The minimum atomic E-state index is -0.675. The summed E-state index contributed by atoms with van der Waals surface area (Å²) in [6.45, 7) is 2.84. The van der Waals surface area contributed by atoms with Crippen molar-refractivity contribution in [3.63, 3.8) is 0 Å². The van der Waals surface area contributed by atoms with E-state index in [0.717, 1.165) is 11.3 Å². The number of benzene rings is 1. The highest BCUT2D eigenvalue weighted by atomic mass is 32.1. The molecule has 3 aromatic heterocycles. The molecule has 8 heteroatoms. The quantitative estimate of drug-likeness (QED) is 0.498. The highest BCUT2D eigenvalue weighted by Gasteiger charge is 2.34. The van der Waals surface area contributed by atoms with Crippen molar-refractivity contribution in [2.45, 2.75) is 25.9 Å². The Balaban J connectivity index is 1.60. The normalized spacial score (nSPS) is 16.0. The number of aryl methyl sites for hydroxylation is 1. The van der Waals surface area contributed by atoms with Crippen LogP contribution in [-0.2, 0) is 13.0 Å². The molecule has 1 amide bonds. The number of nitrogens with one attached hydrogen (secondary N) is 1. The number of hydrogen-bond donors (Lipinski definition) is 1. The van der Waals surface area contributed by atoms with Crippen molar-refractivity contribution in [1.82, 2.24) is 14.5 Å². The molecule has 0 radical (unpaired) electrons. The summed E-state index contributed by atoms with van der Waals surface area (Å²) in [6.07, 6.45) is 0.834. The van der Waals surface area contributed by atoms with E-state index in [4.69, 9.17) is 0 Å². The fourth-order valence-corrected chi connectivity index (χ4v) is 5.94. The van der Waals surface area contributed by atoms with Crippen LogP contribution in [0.15, 0.2) is 56.7 Å². The number of carbonyl (C=O) groups is 1. The van der Waals surface area contributed by atoms with Gasteiger partial charge in [-0.3, -0.25) is 14.4 Å². The molecule has 1 aromatic carbocycles. The second-order valence-corrected chi connectivity index (χ2v) is 9.18. The Labute approximate surface area is 180 Å². The van der Waals surface area contributed by atoms with Crippen molar-refractivity contribution in [2.24, 2.45) is 0 Å². The molecule has 1 atom stereocenters. The SMILES string of the molecule is CCn1c(=O)c(=O)[nH]c2cc(C(=O)N3CCc4sccc4[C@@H]3c3cccs3)ccc21. The van der Waals surface area contributed by atoms with Gasteiger partial charge in [-0.1, -0.05) is 6.07 Å². The summed E-state index contributed by atoms with van der Waals surface area (Å²) in [6, 6.07) is 11.2. The Morgan fingerprint density at radius 2 is 2.03 bits per heavy atom. The summed E-state index contributed by atoms with van der Waals surface area (Å²) in [7, 11) is 0. The molecule has 0 bridgehead atoms. The van der Waals surface area contributed by atoms with Gasteiger partial charge in [-0.2, -0.15) is 0 Å². The number of fused-ring (bicyclic) bond motifs is 2. The van der Waals surface area contributed by atoms with Gasteiger partial charge in [0.15, 0.2) is 0 Å². The molecule has 6 nitrogen and oxygen atoms in total. The summed E-state index contributed by atoms with van der Waals surface area (Å²) in [5, 5.41) is 4.12. The first kappa shape index (κ1) is 19.0. The zero-order valence-corrected chi connectivity index (χ0v) is 17.9. The number of hydrogen-bond acceptors (Lipinski definition) is 5. The van der Waals surface area contributed by atoms with Crippen molar-refractivity contribution >= 4 is 39.6 Å². The van der Waals surface area contributed by atoms with Crippen molar-refractivity contribution in [3.05, 3.63) is 88.7 Å². The fraction of sp³-hybridized carbons (Fsp3) is 0.227. The second-order valence-electron chi connectivity index (χ2n) is 7.20. The van der Waals surface area contributed by atoms with Gasteiger partial charge in [0.2, 0.25) is 0 Å². The summed E-state index contributed by atoms with van der Waals surface area (Å²) in [5.41, 5.74) is 1.55. The molecule has 1 N–H and O–H groups in total. The number of aromatic nitrogens is 2.